The maximum atomic E-state index is 10.9. The molecular weight excluding hydrogens is 332 g/mol. The Kier molecular flexibility index (Phi) is 3.92. The monoisotopic (exact) mass is 346 g/mol. The molecule has 1 heterocycles. The standard InChI is InChI=1S/C16H15BrN2O2/c17-10-14-9-15(19(20)21)5-6-16(14)18-8-7-12-3-1-2-4-13(12)11-18/h1-6,9H,7-8,10-11H2. The van der Waals surface area contributed by atoms with Crippen LogP contribution in [0.5, 0.6) is 0 Å². The van der Waals surface area contributed by atoms with Crippen molar-refractivity contribution in [1.82, 2.24) is 0 Å². The van der Waals surface area contributed by atoms with E-state index in [1.807, 2.05) is 6.07 Å². The lowest BCUT2D eigenvalue weighted by Gasteiger charge is -2.32. The summed E-state index contributed by atoms with van der Waals surface area (Å²) < 4.78 is 0. The summed E-state index contributed by atoms with van der Waals surface area (Å²) in [5.41, 5.74) is 4.92. The Bertz CT molecular complexity index is 688. The summed E-state index contributed by atoms with van der Waals surface area (Å²) >= 11 is 3.44. The molecule has 0 fully saturated rings. The second kappa shape index (κ2) is 5.85. The maximum Gasteiger partial charge on any atom is 0.269 e. The Morgan fingerprint density at radius 1 is 1.19 bits per heavy atom. The van der Waals surface area contributed by atoms with Crippen LogP contribution in [-0.4, -0.2) is 11.5 Å². The van der Waals surface area contributed by atoms with Gasteiger partial charge in [-0.3, -0.25) is 10.1 Å². The molecule has 0 saturated heterocycles. The van der Waals surface area contributed by atoms with Gasteiger partial charge in [-0.05, 0) is 29.2 Å². The number of nitrogens with zero attached hydrogens (tertiary/aromatic N) is 2. The minimum absolute atomic E-state index is 0.144. The molecule has 0 amide bonds. The first-order valence-electron chi connectivity index (χ1n) is 6.84. The fraction of sp³-hybridized carbons (Fsp3) is 0.250. The molecule has 0 spiro atoms. The highest BCUT2D eigenvalue weighted by Crippen LogP contribution is 2.31. The molecule has 0 bridgehead atoms. The Morgan fingerprint density at radius 2 is 1.95 bits per heavy atom. The van der Waals surface area contributed by atoms with Crippen molar-refractivity contribution in [2.75, 3.05) is 11.4 Å². The molecule has 0 N–H and O–H groups in total. The number of halogens is 1. The molecule has 1 aliphatic rings. The predicted molar refractivity (Wildman–Crippen MR) is 86.9 cm³/mol. The van der Waals surface area contributed by atoms with Gasteiger partial charge in [-0.15, -0.1) is 0 Å². The van der Waals surface area contributed by atoms with Crippen molar-refractivity contribution in [2.45, 2.75) is 18.3 Å². The number of hydrogen-bond acceptors (Lipinski definition) is 3. The van der Waals surface area contributed by atoms with E-state index >= 15 is 0 Å². The Hall–Kier alpha value is -1.88. The number of alkyl halides is 1. The van der Waals surface area contributed by atoms with Crippen molar-refractivity contribution < 1.29 is 4.92 Å². The van der Waals surface area contributed by atoms with E-state index in [9.17, 15) is 10.1 Å². The van der Waals surface area contributed by atoms with E-state index in [0.717, 1.165) is 30.8 Å². The third kappa shape index (κ3) is 2.78. The van der Waals surface area contributed by atoms with Gasteiger partial charge in [0.1, 0.15) is 0 Å². The molecule has 0 unspecified atom stereocenters. The minimum Gasteiger partial charge on any atom is -0.367 e. The number of hydrogen-bond donors (Lipinski definition) is 0. The van der Waals surface area contributed by atoms with Crippen molar-refractivity contribution in [3.8, 4) is 0 Å². The topological polar surface area (TPSA) is 46.4 Å². The highest BCUT2D eigenvalue weighted by atomic mass is 79.9. The lowest BCUT2D eigenvalue weighted by atomic mass is 9.99. The highest BCUT2D eigenvalue weighted by molar-refractivity contribution is 9.08. The lowest BCUT2D eigenvalue weighted by molar-refractivity contribution is -0.384. The average Bonchev–Trinajstić information content (AvgIpc) is 2.53. The average molecular weight is 347 g/mol. The molecule has 0 atom stereocenters. The normalized spacial score (nSPS) is 13.9. The molecular formula is C16H15BrN2O2. The number of nitro groups is 1. The van der Waals surface area contributed by atoms with Crippen molar-refractivity contribution in [1.29, 1.82) is 0 Å². The molecule has 1 aliphatic heterocycles. The van der Waals surface area contributed by atoms with Crippen LogP contribution in [0.4, 0.5) is 11.4 Å². The molecule has 2 aromatic rings. The van der Waals surface area contributed by atoms with Gasteiger partial charge in [-0.2, -0.15) is 0 Å². The number of non-ortho nitro benzene ring substituents is 1. The summed E-state index contributed by atoms with van der Waals surface area (Å²) in [6.45, 7) is 1.79. The van der Waals surface area contributed by atoms with Crippen LogP contribution < -0.4 is 4.90 Å². The first-order chi connectivity index (χ1) is 10.2. The predicted octanol–water partition coefficient (Wildman–Crippen LogP) is 4.05. The molecule has 0 aliphatic carbocycles. The molecule has 0 saturated carbocycles. The van der Waals surface area contributed by atoms with Crippen molar-refractivity contribution >= 4 is 27.3 Å². The smallest absolute Gasteiger partial charge is 0.269 e. The number of rotatable bonds is 3. The summed E-state index contributed by atoms with van der Waals surface area (Å²) in [7, 11) is 0. The molecule has 0 aromatic heterocycles. The van der Waals surface area contributed by atoms with Crippen molar-refractivity contribution in [3.05, 3.63) is 69.3 Å². The fourth-order valence-corrected chi connectivity index (χ4v) is 3.25. The van der Waals surface area contributed by atoms with Gasteiger partial charge < -0.3 is 4.90 Å². The van der Waals surface area contributed by atoms with E-state index in [0.29, 0.717) is 5.33 Å². The molecule has 108 valence electrons. The van der Waals surface area contributed by atoms with E-state index in [1.165, 1.54) is 11.1 Å². The van der Waals surface area contributed by atoms with Gasteiger partial charge in [-0.25, -0.2) is 0 Å². The second-order valence-corrected chi connectivity index (χ2v) is 5.70. The van der Waals surface area contributed by atoms with E-state index in [4.69, 9.17) is 0 Å². The number of anilines is 1. The summed E-state index contributed by atoms with van der Waals surface area (Å²) in [5, 5.41) is 11.5. The van der Waals surface area contributed by atoms with Crippen LogP contribution in [0.2, 0.25) is 0 Å². The van der Waals surface area contributed by atoms with Crippen LogP contribution >= 0.6 is 15.9 Å². The zero-order valence-electron chi connectivity index (χ0n) is 11.5. The molecule has 0 radical (unpaired) electrons. The first kappa shape index (κ1) is 14.1. The number of nitro benzene ring substituents is 1. The van der Waals surface area contributed by atoms with E-state index in [1.54, 1.807) is 12.1 Å². The minimum atomic E-state index is -0.346. The Balaban J connectivity index is 1.93. The van der Waals surface area contributed by atoms with Gasteiger partial charge in [-0.1, -0.05) is 40.2 Å². The van der Waals surface area contributed by atoms with Gasteiger partial charge in [0, 0.05) is 36.2 Å². The Labute approximate surface area is 131 Å². The zero-order valence-corrected chi connectivity index (χ0v) is 13.0. The third-order valence-corrected chi connectivity index (χ3v) is 4.49. The summed E-state index contributed by atoms with van der Waals surface area (Å²) in [6, 6.07) is 13.6. The fourth-order valence-electron chi connectivity index (χ4n) is 2.80. The highest BCUT2D eigenvalue weighted by Gasteiger charge is 2.19. The van der Waals surface area contributed by atoms with Gasteiger partial charge >= 0.3 is 0 Å². The number of fused-ring (bicyclic) bond motifs is 1. The van der Waals surface area contributed by atoms with Crippen LogP contribution in [0.1, 0.15) is 16.7 Å². The van der Waals surface area contributed by atoms with Crippen molar-refractivity contribution in [3.63, 3.8) is 0 Å². The summed E-state index contributed by atoms with van der Waals surface area (Å²) in [4.78, 5) is 12.8. The molecule has 4 nitrogen and oxygen atoms in total. The van der Waals surface area contributed by atoms with Gasteiger partial charge in [0.05, 0.1) is 4.92 Å². The van der Waals surface area contributed by atoms with Gasteiger partial charge in [0.25, 0.3) is 5.69 Å². The zero-order chi connectivity index (χ0) is 14.8. The molecule has 3 rings (SSSR count). The van der Waals surface area contributed by atoms with E-state index in [2.05, 4.69) is 45.1 Å². The number of benzene rings is 2. The van der Waals surface area contributed by atoms with Gasteiger partial charge in [0.15, 0.2) is 0 Å². The quantitative estimate of drug-likeness (QED) is 0.478. The van der Waals surface area contributed by atoms with E-state index in [-0.39, 0.29) is 10.6 Å². The lowest BCUT2D eigenvalue weighted by Crippen LogP contribution is -2.30. The van der Waals surface area contributed by atoms with Crippen LogP contribution in [0, 0.1) is 10.1 Å². The second-order valence-electron chi connectivity index (χ2n) is 5.14. The van der Waals surface area contributed by atoms with Crippen LogP contribution in [0.15, 0.2) is 42.5 Å². The molecule has 5 heteroatoms. The van der Waals surface area contributed by atoms with Crippen LogP contribution in [-0.2, 0) is 18.3 Å². The maximum absolute atomic E-state index is 10.9. The van der Waals surface area contributed by atoms with Gasteiger partial charge in [0.2, 0.25) is 0 Å². The molecule has 21 heavy (non-hydrogen) atoms. The van der Waals surface area contributed by atoms with E-state index < -0.39 is 0 Å². The Morgan fingerprint density at radius 3 is 2.67 bits per heavy atom. The van der Waals surface area contributed by atoms with Crippen molar-refractivity contribution in [2.24, 2.45) is 0 Å². The summed E-state index contributed by atoms with van der Waals surface area (Å²) in [5.74, 6) is 0. The molecule has 2 aromatic carbocycles. The van der Waals surface area contributed by atoms with Crippen LogP contribution in [0.25, 0.3) is 0 Å². The van der Waals surface area contributed by atoms with Crippen LogP contribution in [0.3, 0.4) is 0 Å². The SMILES string of the molecule is O=[N+]([O-])c1ccc(N2CCc3ccccc3C2)c(CBr)c1. The largest absolute Gasteiger partial charge is 0.367 e. The first-order valence-corrected chi connectivity index (χ1v) is 7.96. The third-order valence-electron chi connectivity index (χ3n) is 3.89. The summed E-state index contributed by atoms with van der Waals surface area (Å²) in [6.07, 6.45) is 1.01.